The monoisotopic (exact) mass is 320 g/mol. The van der Waals surface area contributed by atoms with Gasteiger partial charge in [0.1, 0.15) is 10.5 Å². The standard InChI is InChI=1S/C14H13ClN4OS/c1-19-14(20)12-9(7-11(15)17-13(12)18-19)16-8-5-3-4-6-10(8)21-2/h3-7H,1-2H3,(H2,16,17,18). The molecular formula is C14H13ClN4OS. The van der Waals surface area contributed by atoms with Crippen molar-refractivity contribution in [2.24, 2.45) is 7.05 Å². The minimum Gasteiger partial charge on any atom is -0.354 e. The molecule has 0 radical (unpaired) electrons. The highest BCUT2D eigenvalue weighted by Gasteiger charge is 2.13. The van der Waals surface area contributed by atoms with Crippen molar-refractivity contribution in [1.82, 2.24) is 14.8 Å². The van der Waals surface area contributed by atoms with E-state index in [1.165, 1.54) is 4.68 Å². The summed E-state index contributed by atoms with van der Waals surface area (Å²) in [5.41, 5.74) is 1.91. The first-order valence-corrected chi connectivity index (χ1v) is 7.85. The number of rotatable bonds is 3. The topological polar surface area (TPSA) is 62.7 Å². The van der Waals surface area contributed by atoms with Crippen LogP contribution in [0, 0.1) is 0 Å². The van der Waals surface area contributed by atoms with Crippen molar-refractivity contribution >= 4 is 45.8 Å². The highest BCUT2D eigenvalue weighted by atomic mass is 35.5. The van der Waals surface area contributed by atoms with Crippen LogP contribution in [0.25, 0.3) is 11.0 Å². The molecule has 0 aliphatic heterocycles. The van der Waals surface area contributed by atoms with Gasteiger partial charge in [0.05, 0.1) is 11.4 Å². The number of nitrogens with one attached hydrogen (secondary N) is 2. The Morgan fingerprint density at radius 3 is 2.86 bits per heavy atom. The number of nitrogens with zero attached hydrogens (tertiary/aromatic N) is 2. The van der Waals surface area contributed by atoms with E-state index in [2.05, 4.69) is 15.4 Å². The molecule has 2 heterocycles. The maximum Gasteiger partial charge on any atom is 0.277 e. The number of hydrogen-bond donors (Lipinski definition) is 2. The number of fused-ring (bicyclic) bond motifs is 1. The van der Waals surface area contributed by atoms with Gasteiger partial charge < -0.3 is 5.32 Å². The highest BCUT2D eigenvalue weighted by molar-refractivity contribution is 7.98. The van der Waals surface area contributed by atoms with E-state index in [-0.39, 0.29) is 5.56 Å². The van der Waals surface area contributed by atoms with Gasteiger partial charge >= 0.3 is 0 Å². The number of thioether (sulfide) groups is 1. The number of para-hydroxylation sites is 1. The Bertz CT molecular complexity index is 871. The van der Waals surface area contributed by atoms with Gasteiger partial charge in [0.2, 0.25) is 0 Å². The molecule has 0 aliphatic carbocycles. The normalized spacial score (nSPS) is 11.0. The fraction of sp³-hybridized carbons (Fsp3) is 0.143. The average Bonchev–Trinajstić information content (AvgIpc) is 2.74. The van der Waals surface area contributed by atoms with E-state index in [1.54, 1.807) is 24.9 Å². The zero-order valence-electron chi connectivity index (χ0n) is 11.5. The lowest BCUT2D eigenvalue weighted by Gasteiger charge is -2.11. The van der Waals surface area contributed by atoms with Crippen molar-refractivity contribution in [3.8, 4) is 0 Å². The highest BCUT2D eigenvalue weighted by Crippen LogP contribution is 2.30. The first-order valence-electron chi connectivity index (χ1n) is 6.25. The molecule has 0 atom stereocenters. The minimum absolute atomic E-state index is 0.140. The summed E-state index contributed by atoms with van der Waals surface area (Å²) < 4.78 is 1.39. The summed E-state index contributed by atoms with van der Waals surface area (Å²) in [7, 11) is 1.65. The molecule has 3 aromatic rings. The SMILES string of the molecule is CSc1ccccc1Nc1cc(Cl)nc2[nH]n(C)c(=O)c12. The number of anilines is 2. The minimum atomic E-state index is -0.140. The van der Waals surface area contributed by atoms with Crippen molar-refractivity contribution in [3.05, 3.63) is 45.8 Å². The predicted molar refractivity (Wildman–Crippen MR) is 87.9 cm³/mol. The Kier molecular flexibility index (Phi) is 3.65. The molecule has 0 aliphatic rings. The van der Waals surface area contributed by atoms with Crippen LogP contribution in [0.3, 0.4) is 0 Å². The van der Waals surface area contributed by atoms with Gasteiger partial charge in [0, 0.05) is 11.9 Å². The molecule has 0 fully saturated rings. The summed E-state index contributed by atoms with van der Waals surface area (Å²) in [6.45, 7) is 0. The molecule has 0 amide bonds. The molecule has 0 bridgehead atoms. The molecule has 108 valence electrons. The van der Waals surface area contributed by atoms with Crippen LogP contribution in [0.15, 0.2) is 40.0 Å². The Hall–Kier alpha value is -1.92. The number of H-pyrrole nitrogens is 1. The first kappa shape index (κ1) is 14.0. The van der Waals surface area contributed by atoms with Gasteiger partial charge in [-0.15, -0.1) is 11.8 Å². The lowest BCUT2D eigenvalue weighted by atomic mass is 10.2. The van der Waals surface area contributed by atoms with Crippen LogP contribution in [-0.4, -0.2) is 21.0 Å². The third-order valence-corrected chi connectivity index (χ3v) is 4.15. The molecule has 7 heteroatoms. The average molecular weight is 321 g/mol. The van der Waals surface area contributed by atoms with Gasteiger partial charge in [0.25, 0.3) is 5.56 Å². The number of halogens is 1. The van der Waals surface area contributed by atoms with E-state index < -0.39 is 0 Å². The van der Waals surface area contributed by atoms with Crippen molar-refractivity contribution in [3.63, 3.8) is 0 Å². The number of aromatic nitrogens is 3. The largest absolute Gasteiger partial charge is 0.354 e. The molecule has 0 spiro atoms. The number of hydrogen-bond acceptors (Lipinski definition) is 4. The maximum atomic E-state index is 12.2. The van der Waals surface area contributed by atoms with E-state index in [0.717, 1.165) is 10.6 Å². The van der Waals surface area contributed by atoms with Gasteiger partial charge in [-0.2, -0.15) is 0 Å². The van der Waals surface area contributed by atoms with Crippen LogP contribution in [-0.2, 0) is 7.05 Å². The molecule has 3 rings (SSSR count). The Morgan fingerprint density at radius 2 is 2.10 bits per heavy atom. The lowest BCUT2D eigenvalue weighted by molar-refractivity contribution is 0.748. The number of aryl methyl sites for hydroxylation is 1. The van der Waals surface area contributed by atoms with E-state index in [4.69, 9.17) is 11.6 Å². The molecule has 0 saturated heterocycles. The van der Waals surface area contributed by atoms with Crippen molar-refractivity contribution in [2.45, 2.75) is 4.90 Å². The Balaban J connectivity index is 2.18. The second-order valence-corrected chi connectivity index (χ2v) is 5.75. The van der Waals surface area contributed by atoms with Gasteiger partial charge in [0.15, 0.2) is 5.65 Å². The molecule has 0 unspecified atom stereocenters. The molecular weight excluding hydrogens is 308 g/mol. The number of aromatic amines is 1. The summed E-state index contributed by atoms with van der Waals surface area (Å²) >= 11 is 7.67. The Morgan fingerprint density at radius 1 is 1.33 bits per heavy atom. The third kappa shape index (κ3) is 2.52. The van der Waals surface area contributed by atoms with Crippen LogP contribution in [0.1, 0.15) is 0 Å². The van der Waals surface area contributed by atoms with Crippen LogP contribution >= 0.6 is 23.4 Å². The summed E-state index contributed by atoms with van der Waals surface area (Å²) in [6.07, 6.45) is 2.00. The van der Waals surface area contributed by atoms with Crippen molar-refractivity contribution < 1.29 is 0 Å². The number of pyridine rings is 1. The van der Waals surface area contributed by atoms with E-state index >= 15 is 0 Å². The summed E-state index contributed by atoms with van der Waals surface area (Å²) in [5, 5.41) is 6.99. The Labute approximate surface area is 130 Å². The molecule has 21 heavy (non-hydrogen) atoms. The van der Waals surface area contributed by atoms with Gasteiger partial charge in [-0.25, -0.2) is 4.98 Å². The van der Waals surface area contributed by atoms with E-state index in [0.29, 0.717) is 21.9 Å². The first-order chi connectivity index (χ1) is 10.1. The molecule has 0 saturated carbocycles. The van der Waals surface area contributed by atoms with Crippen molar-refractivity contribution in [2.75, 3.05) is 11.6 Å². The third-order valence-electron chi connectivity index (χ3n) is 3.16. The predicted octanol–water partition coefficient (Wildman–Crippen LogP) is 3.38. The summed E-state index contributed by atoms with van der Waals surface area (Å²) in [5.74, 6) is 0. The van der Waals surface area contributed by atoms with Crippen LogP contribution < -0.4 is 10.9 Å². The maximum absolute atomic E-state index is 12.2. The molecule has 1 aromatic carbocycles. The van der Waals surface area contributed by atoms with Crippen LogP contribution in [0.2, 0.25) is 5.15 Å². The van der Waals surface area contributed by atoms with Crippen molar-refractivity contribution in [1.29, 1.82) is 0 Å². The zero-order chi connectivity index (χ0) is 15.0. The van der Waals surface area contributed by atoms with E-state index in [1.807, 2.05) is 30.5 Å². The number of benzene rings is 1. The lowest BCUT2D eigenvalue weighted by Crippen LogP contribution is -2.12. The molecule has 5 nitrogen and oxygen atoms in total. The summed E-state index contributed by atoms with van der Waals surface area (Å²) in [6, 6.07) is 9.56. The zero-order valence-corrected chi connectivity index (χ0v) is 13.0. The van der Waals surface area contributed by atoms with Gasteiger partial charge in [-0.3, -0.25) is 14.6 Å². The molecule has 2 N–H and O–H groups in total. The second kappa shape index (κ2) is 5.46. The van der Waals surface area contributed by atoms with Gasteiger partial charge in [-0.1, -0.05) is 23.7 Å². The fourth-order valence-corrected chi connectivity index (χ4v) is 2.93. The van der Waals surface area contributed by atoms with Crippen LogP contribution in [0.5, 0.6) is 0 Å². The van der Waals surface area contributed by atoms with E-state index in [9.17, 15) is 4.79 Å². The smallest absolute Gasteiger partial charge is 0.277 e. The second-order valence-electron chi connectivity index (χ2n) is 4.52. The summed E-state index contributed by atoms with van der Waals surface area (Å²) in [4.78, 5) is 17.4. The van der Waals surface area contributed by atoms with Gasteiger partial charge in [-0.05, 0) is 24.5 Å². The molecule has 2 aromatic heterocycles. The quantitative estimate of drug-likeness (QED) is 0.573. The fourth-order valence-electron chi connectivity index (χ4n) is 2.18. The van der Waals surface area contributed by atoms with Crippen LogP contribution in [0.4, 0.5) is 11.4 Å².